The van der Waals surface area contributed by atoms with Gasteiger partial charge in [0.05, 0.1) is 16.4 Å². The van der Waals surface area contributed by atoms with Crippen molar-refractivity contribution in [1.82, 2.24) is 24.1 Å². The van der Waals surface area contributed by atoms with Crippen LogP contribution in [0.3, 0.4) is 0 Å². The summed E-state index contributed by atoms with van der Waals surface area (Å²) in [6.07, 6.45) is 1.64. The first kappa shape index (κ1) is 18.3. The number of halogens is 1. The number of rotatable bonds is 4. The number of esters is 1. The van der Waals surface area contributed by atoms with Crippen LogP contribution in [0.1, 0.15) is 27.6 Å². The second kappa shape index (κ2) is 7.17. The molecule has 4 heterocycles. The lowest BCUT2D eigenvalue weighted by Gasteiger charge is -2.08. The SMILES string of the molecule is Cc1cc(C)n(-c2ccc(Cl)c(C(=O)OCc3cc(=O)n4ccsc4n3)n2)n1. The van der Waals surface area contributed by atoms with Gasteiger partial charge < -0.3 is 4.74 Å². The lowest BCUT2D eigenvalue weighted by atomic mass is 10.3. The number of thiazole rings is 1. The molecule has 0 saturated carbocycles. The molecule has 0 fully saturated rings. The van der Waals surface area contributed by atoms with E-state index in [1.807, 2.05) is 19.9 Å². The number of pyridine rings is 1. The first-order valence-corrected chi connectivity index (χ1v) is 9.51. The highest BCUT2D eigenvalue weighted by atomic mass is 35.5. The summed E-state index contributed by atoms with van der Waals surface area (Å²) in [4.78, 5) is 33.6. The maximum absolute atomic E-state index is 12.5. The second-order valence-electron chi connectivity index (χ2n) is 6.06. The van der Waals surface area contributed by atoms with E-state index in [0.717, 1.165) is 11.4 Å². The number of ether oxygens (including phenoxy) is 1. The summed E-state index contributed by atoms with van der Waals surface area (Å²) in [5.41, 5.74) is 1.80. The number of carbonyl (C=O) groups is 1. The maximum atomic E-state index is 12.5. The molecule has 0 bridgehead atoms. The van der Waals surface area contributed by atoms with Crippen LogP contribution in [0.5, 0.6) is 0 Å². The van der Waals surface area contributed by atoms with Crippen LogP contribution in [-0.2, 0) is 11.3 Å². The maximum Gasteiger partial charge on any atom is 0.358 e. The summed E-state index contributed by atoms with van der Waals surface area (Å²) >= 11 is 7.45. The van der Waals surface area contributed by atoms with Crippen LogP contribution in [0.25, 0.3) is 10.8 Å². The van der Waals surface area contributed by atoms with E-state index in [-0.39, 0.29) is 22.9 Å². The predicted octanol–water partition coefficient (Wildman–Crippen LogP) is 2.96. The number of aryl methyl sites for hydroxylation is 2. The molecule has 4 aromatic heterocycles. The first-order valence-electron chi connectivity index (χ1n) is 8.25. The molecule has 28 heavy (non-hydrogen) atoms. The van der Waals surface area contributed by atoms with Gasteiger partial charge in [0, 0.05) is 23.3 Å². The number of hydrogen-bond donors (Lipinski definition) is 0. The molecule has 4 rings (SSSR count). The zero-order chi connectivity index (χ0) is 19.8. The zero-order valence-corrected chi connectivity index (χ0v) is 16.5. The summed E-state index contributed by atoms with van der Waals surface area (Å²) in [5.74, 6) is -0.250. The minimum atomic E-state index is -0.707. The third kappa shape index (κ3) is 3.41. The summed E-state index contributed by atoms with van der Waals surface area (Å²) in [7, 11) is 0. The van der Waals surface area contributed by atoms with Gasteiger partial charge >= 0.3 is 5.97 Å². The number of carbonyl (C=O) groups excluding carboxylic acids is 1. The molecule has 0 N–H and O–H groups in total. The van der Waals surface area contributed by atoms with Crippen LogP contribution in [0.4, 0.5) is 0 Å². The standard InChI is InChI=1S/C18H14ClN5O3S/c1-10-7-11(2)24(22-10)14-4-3-13(19)16(21-14)17(26)27-9-12-8-15(25)23-5-6-28-18(23)20-12/h3-8H,9H2,1-2H3. The van der Waals surface area contributed by atoms with Crippen LogP contribution < -0.4 is 5.56 Å². The molecule has 0 spiro atoms. The van der Waals surface area contributed by atoms with Crippen molar-refractivity contribution in [2.45, 2.75) is 20.5 Å². The molecule has 0 saturated heterocycles. The van der Waals surface area contributed by atoms with Crippen molar-refractivity contribution in [2.24, 2.45) is 0 Å². The Hall–Kier alpha value is -3.04. The van der Waals surface area contributed by atoms with Gasteiger partial charge in [-0.3, -0.25) is 9.20 Å². The second-order valence-corrected chi connectivity index (χ2v) is 7.34. The Kier molecular flexibility index (Phi) is 4.70. The molecule has 0 aliphatic heterocycles. The normalized spacial score (nSPS) is 11.1. The van der Waals surface area contributed by atoms with Crippen LogP contribution in [0, 0.1) is 13.8 Å². The smallest absolute Gasteiger partial charge is 0.358 e. The van der Waals surface area contributed by atoms with Crippen molar-refractivity contribution in [1.29, 1.82) is 0 Å². The average molecular weight is 416 g/mol. The third-order valence-electron chi connectivity index (χ3n) is 3.96. The van der Waals surface area contributed by atoms with E-state index in [4.69, 9.17) is 16.3 Å². The van der Waals surface area contributed by atoms with Crippen LogP contribution in [0.15, 0.2) is 40.6 Å². The molecular formula is C18H14ClN5O3S. The Balaban J connectivity index is 1.58. The number of nitrogens with zero attached hydrogens (tertiary/aromatic N) is 5. The van der Waals surface area contributed by atoms with Crippen molar-refractivity contribution in [3.8, 4) is 5.82 Å². The minimum absolute atomic E-state index is 0.0272. The molecule has 142 valence electrons. The molecule has 8 nitrogen and oxygen atoms in total. The Morgan fingerprint density at radius 3 is 2.82 bits per heavy atom. The quantitative estimate of drug-likeness (QED) is 0.476. The molecule has 0 aliphatic rings. The van der Waals surface area contributed by atoms with Gasteiger partial charge in [0.1, 0.15) is 6.61 Å². The van der Waals surface area contributed by atoms with E-state index in [9.17, 15) is 9.59 Å². The van der Waals surface area contributed by atoms with Gasteiger partial charge in [0.25, 0.3) is 5.56 Å². The van der Waals surface area contributed by atoms with E-state index < -0.39 is 5.97 Å². The van der Waals surface area contributed by atoms with E-state index in [0.29, 0.717) is 16.5 Å². The predicted molar refractivity (Wildman–Crippen MR) is 104 cm³/mol. The Labute approximate surface area is 168 Å². The fourth-order valence-corrected chi connectivity index (χ4v) is 3.64. The summed E-state index contributed by atoms with van der Waals surface area (Å²) in [6.45, 7) is 3.60. The Morgan fingerprint density at radius 1 is 1.25 bits per heavy atom. The highest BCUT2D eigenvalue weighted by Crippen LogP contribution is 2.19. The van der Waals surface area contributed by atoms with E-state index in [2.05, 4.69) is 15.1 Å². The number of fused-ring (bicyclic) bond motifs is 1. The lowest BCUT2D eigenvalue weighted by molar-refractivity contribution is 0.0461. The third-order valence-corrected chi connectivity index (χ3v) is 5.02. The van der Waals surface area contributed by atoms with Gasteiger partial charge in [-0.1, -0.05) is 11.6 Å². The largest absolute Gasteiger partial charge is 0.454 e. The van der Waals surface area contributed by atoms with Gasteiger partial charge in [-0.05, 0) is 32.0 Å². The number of hydrogen-bond acceptors (Lipinski definition) is 7. The van der Waals surface area contributed by atoms with Gasteiger partial charge in [-0.15, -0.1) is 11.3 Å². The fourth-order valence-electron chi connectivity index (χ4n) is 2.72. The van der Waals surface area contributed by atoms with E-state index in [1.165, 1.54) is 21.8 Å². The molecule has 0 unspecified atom stereocenters. The van der Waals surface area contributed by atoms with Crippen molar-refractivity contribution in [3.63, 3.8) is 0 Å². The van der Waals surface area contributed by atoms with Crippen molar-refractivity contribution in [3.05, 3.63) is 74.0 Å². The van der Waals surface area contributed by atoms with Crippen LogP contribution in [-0.4, -0.2) is 30.1 Å². The molecular weight excluding hydrogens is 402 g/mol. The van der Waals surface area contributed by atoms with Crippen molar-refractivity contribution >= 4 is 33.9 Å². The first-order chi connectivity index (χ1) is 13.4. The van der Waals surface area contributed by atoms with Gasteiger partial charge in [0.15, 0.2) is 16.5 Å². The topological polar surface area (TPSA) is 91.4 Å². The number of aromatic nitrogens is 5. The minimum Gasteiger partial charge on any atom is -0.454 e. The van der Waals surface area contributed by atoms with Crippen LogP contribution >= 0.6 is 22.9 Å². The van der Waals surface area contributed by atoms with Gasteiger partial charge in [0.2, 0.25) is 0 Å². The average Bonchev–Trinajstić information content (AvgIpc) is 3.26. The fraction of sp³-hybridized carbons (Fsp3) is 0.167. The van der Waals surface area contributed by atoms with Crippen molar-refractivity contribution in [2.75, 3.05) is 0 Å². The van der Waals surface area contributed by atoms with Gasteiger partial charge in [-0.2, -0.15) is 5.10 Å². The molecule has 0 aromatic carbocycles. The molecule has 0 aliphatic carbocycles. The van der Waals surface area contributed by atoms with E-state index in [1.54, 1.807) is 28.4 Å². The molecule has 10 heteroatoms. The highest BCUT2D eigenvalue weighted by Gasteiger charge is 2.17. The summed E-state index contributed by atoms with van der Waals surface area (Å²) < 4.78 is 8.32. The van der Waals surface area contributed by atoms with E-state index >= 15 is 0 Å². The molecule has 0 amide bonds. The molecule has 0 radical (unpaired) electrons. The van der Waals surface area contributed by atoms with Crippen LogP contribution in [0.2, 0.25) is 5.02 Å². The van der Waals surface area contributed by atoms with Crippen molar-refractivity contribution < 1.29 is 9.53 Å². The monoisotopic (exact) mass is 415 g/mol. The highest BCUT2D eigenvalue weighted by molar-refractivity contribution is 7.15. The molecule has 4 aromatic rings. The zero-order valence-electron chi connectivity index (χ0n) is 14.9. The Morgan fingerprint density at radius 2 is 2.07 bits per heavy atom. The Bertz CT molecular complexity index is 1260. The van der Waals surface area contributed by atoms with Gasteiger partial charge in [-0.25, -0.2) is 19.4 Å². The summed E-state index contributed by atoms with van der Waals surface area (Å²) in [5, 5.41) is 6.27. The molecule has 0 atom stereocenters. The summed E-state index contributed by atoms with van der Waals surface area (Å²) in [6, 6.07) is 6.47. The lowest BCUT2D eigenvalue weighted by Crippen LogP contribution is -2.15.